The maximum Gasteiger partial charge on any atom is 0.430 e. The van der Waals surface area contributed by atoms with Gasteiger partial charge in [-0.3, -0.25) is 4.79 Å². The standard InChI is InChI=1S/C22H23F6N3O2/c23-21(24,25)20(33,22(26,27)28)16-5-9-18(10-6-16)30-17-7-3-15(4-8-17)19(32)29-11-14-31-12-1-2-13-31/h3-10,30,33H,1-2,11-14H2,(H,29,32). The number of amides is 1. The summed E-state index contributed by atoms with van der Waals surface area (Å²) < 4.78 is 77.8. The van der Waals surface area contributed by atoms with E-state index in [2.05, 4.69) is 15.5 Å². The topological polar surface area (TPSA) is 64.6 Å². The summed E-state index contributed by atoms with van der Waals surface area (Å²) in [6.07, 6.45) is -9.55. The van der Waals surface area contributed by atoms with E-state index in [9.17, 15) is 36.2 Å². The van der Waals surface area contributed by atoms with Gasteiger partial charge >= 0.3 is 12.4 Å². The quantitative estimate of drug-likeness (QED) is 0.514. The maximum absolute atomic E-state index is 13.0. The number of aliphatic hydroxyl groups is 1. The molecule has 2 aromatic rings. The van der Waals surface area contributed by atoms with Crippen molar-refractivity contribution in [1.29, 1.82) is 0 Å². The smallest absolute Gasteiger partial charge is 0.369 e. The molecule has 0 aliphatic carbocycles. The number of benzene rings is 2. The van der Waals surface area contributed by atoms with Crippen LogP contribution in [0, 0.1) is 0 Å². The molecule has 1 saturated heterocycles. The molecule has 3 N–H and O–H groups in total. The number of halogens is 6. The van der Waals surface area contributed by atoms with Crippen molar-refractivity contribution >= 4 is 17.3 Å². The molecule has 5 nitrogen and oxygen atoms in total. The molecule has 0 aromatic heterocycles. The van der Waals surface area contributed by atoms with Crippen molar-refractivity contribution < 1.29 is 36.2 Å². The molecule has 3 rings (SSSR count). The predicted octanol–water partition coefficient (Wildman–Crippen LogP) is 4.57. The second-order valence-electron chi connectivity index (χ2n) is 7.79. The molecule has 33 heavy (non-hydrogen) atoms. The van der Waals surface area contributed by atoms with Gasteiger partial charge in [0.2, 0.25) is 0 Å². The van der Waals surface area contributed by atoms with Crippen molar-refractivity contribution in [2.24, 2.45) is 0 Å². The fraction of sp³-hybridized carbons (Fsp3) is 0.409. The van der Waals surface area contributed by atoms with Crippen LogP contribution in [0.15, 0.2) is 48.5 Å². The first-order valence-corrected chi connectivity index (χ1v) is 10.3. The van der Waals surface area contributed by atoms with Crippen molar-refractivity contribution in [2.75, 3.05) is 31.5 Å². The zero-order valence-corrected chi connectivity index (χ0v) is 17.4. The number of alkyl halides is 6. The van der Waals surface area contributed by atoms with Crippen LogP contribution in [0.2, 0.25) is 0 Å². The Morgan fingerprint density at radius 3 is 1.82 bits per heavy atom. The highest BCUT2D eigenvalue weighted by atomic mass is 19.4. The van der Waals surface area contributed by atoms with Gasteiger partial charge in [-0.1, -0.05) is 12.1 Å². The zero-order chi connectivity index (χ0) is 24.3. The summed E-state index contributed by atoms with van der Waals surface area (Å²) in [6, 6.07) is 9.34. The molecule has 2 aromatic carbocycles. The molecular weight excluding hydrogens is 452 g/mol. The third kappa shape index (κ3) is 5.59. The molecule has 1 aliphatic heterocycles. The van der Waals surface area contributed by atoms with Crippen LogP contribution in [0.4, 0.5) is 37.7 Å². The summed E-state index contributed by atoms with van der Waals surface area (Å²) in [7, 11) is 0. The van der Waals surface area contributed by atoms with Crippen LogP contribution >= 0.6 is 0 Å². The first kappa shape index (κ1) is 24.8. The SMILES string of the molecule is O=C(NCCN1CCCC1)c1ccc(Nc2ccc(C(O)(C(F)(F)F)C(F)(F)F)cc2)cc1. The van der Waals surface area contributed by atoms with Crippen molar-refractivity contribution in [1.82, 2.24) is 10.2 Å². The van der Waals surface area contributed by atoms with Crippen molar-refractivity contribution in [3.63, 3.8) is 0 Å². The van der Waals surface area contributed by atoms with E-state index >= 15 is 0 Å². The molecule has 0 bridgehead atoms. The number of anilines is 2. The lowest BCUT2D eigenvalue weighted by Crippen LogP contribution is -2.53. The lowest BCUT2D eigenvalue weighted by atomic mass is 9.92. The Morgan fingerprint density at radius 1 is 0.848 bits per heavy atom. The monoisotopic (exact) mass is 475 g/mol. The molecule has 1 amide bonds. The Labute approximate surface area is 186 Å². The van der Waals surface area contributed by atoms with E-state index in [0.29, 0.717) is 29.9 Å². The van der Waals surface area contributed by atoms with Crippen LogP contribution in [0.3, 0.4) is 0 Å². The van der Waals surface area contributed by atoms with Gasteiger partial charge in [0.1, 0.15) is 0 Å². The Morgan fingerprint density at radius 2 is 1.33 bits per heavy atom. The minimum atomic E-state index is -5.94. The number of rotatable bonds is 7. The molecule has 11 heteroatoms. The molecular formula is C22H23F6N3O2. The van der Waals surface area contributed by atoms with Gasteiger partial charge in [0.05, 0.1) is 0 Å². The van der Waals surface area contributed by atoms with Gasteiger partial charge < -0.3 is 20.6 Å². The lowest BCUT2D eigenvalue weighted by Gasteiger charge is -2.32. The molecule has 0 atom stereocenters. The molecule has 1 aliphatic rings. The highest BCUT2D eigenvalue weighted by molar-refractivity contribution is 5.94. The van der Waals surface area contributed by atoms with Crippen LogP contribution < -0.4 is 10.6 Å². The first-order valence-electron chi connectivity index (χ1n) is 10.3. The highest BCUT2D eigenvalue weighted by Crippen LogP contribution is 2.50. The van der Waals surface area contributed by atoms with Crippen LogP contribution in [-0.2, 0) is 5.60 Å². The van der Waals surface area contributed by atoms with Gasteiger partial charge in [-0.25, -0.2) is 0 Å². The van der Waals surface area contributed by atoms with E-state index in [0.717, 1.165) is 44.6 Å². The number of nitrogens with one attached hydrogen (secondary N) is 2. The van der Waals surface area contributed by atoms with Crippen LogP contribution in [0.25, 0.3) is 0 Å². The summed E-state index contributed by atoms with van der Waals surface area (Å²) >= 11 is 0. The van der Waals surface area contributed by atoms with E-state index in [-0.39, 0.29) is 11.6 Å². The number of likely N-dealkylation sites (tertiary alicyclic amines) is 1. The lowest BCUT2D eigenvalue weighted by molar-refractivity contribution is -0.376. The molecule has 0 spiro atoms. The first-order chi connectivity index (χ1) is 15.4. The zero-order valence-electron chi connectivity index (χ0n) is 17.4. The van der Waals surface area contributed by atoms with E-state index in [4.69, 9.17) is 0 Å². The van der Waals surface area contributed by atoms with Crippen molar-refractivity contribution in [2.45, 2.75) is 30.8 Å². The van der Waals surface area contributed by atoms with Crippen LogP contribution in [-0.4, -0.2) is 54.4 Å². The third-order valence-corrected chi connectivity index (χ3v) is 5.47. The van der Waals surface area contributed by atoms with Gasteiger partial charge in [-0.15, -0.1) is 0 Å². The average molecular weight is 475 g/mol. The number of hydrogen-bond donors (Lipinski definition) is 3. The second kappa shape index (κ2) is 9.60. The van der Waals surface area contributed by atoms with Crippen molar-refractivity contribution in [3.8, 4) is 0 Å². The summed E-state index contributed by atoms with van der Waals surface area (Å²) in [5, 5.41) is 15.1. The van der Waals surface area contributed by atoms with Gasteiger partial charge in [0, 0.05) is 35.6 Å². The van der Waals surface area contributed by atoms with Crippen LogP contribution in [0.5, 0.6) is 0 Å². The Balaban J connectivity index is 1.61. The Bertz CT molecular complexity index is 923. The van der Waals surface area contributed by atoms with Crippen LogP contribution in [0.1, 0.15) is 28.8 Å². The molecule has 0 unspecified atom stereocenters. The second-order valence-corrected chi connectivity index (χ2v) is 7.79. The average Bonchev–Trinajstić information content (AvgIpc) is 3.26. The van der Waals surface area contributed by atoms with Crippen molar-refractivity contribution in [3.05, 3.63) is 59.7 Å². The van der Waals surface area contributed by atoms with Gasteiger partial charge in [-0.05, 0) is 62.3 Å². The minimum Gasteiger partial charge on any atom is -0.369 e. The summed E-state index contributed by atoms with van der Waals surface area (Å²) in [6.45, 7) is 3.36. The largest absolute Gasteiger partial charge is 0.430 e. The molecule has 0 radical (unpaired) electrons. The molecule has 180 valence electrons. The summed E-state index contributed by atoms with van der Waals surface area (Å²) in [5.74, 6) is -0.247. The fourth-order valence-corrected chi connectivity index (χ4v) is 3.59. The van der Waals surface area contributed by atoms with E-state index < -0.39 is 23.5 Å². The molecule has 1 heterocycles. The number of carbonyl (C=O) groups is 1. The normalized spacial score (nSPS) is 15.5. The van der Waals surface area contributed by atoms with E-state index in [1.54, 1.807) is 24.3 Å². The minimum absolute atomic E-state index is 0.202. The predicted molar refractivity (Wildman–Crippen MR) is 110 cm³/mol. The molecule has 1 fully saturated rings. The van der Waals surface area contributed by atoms with Gasteiger partial charge in [0.15, 0.2) is 0 Å². The van der Waals surface area contributed by atoms with Gasteiger partial charge in [0.25, 0.3) is 11.5 Å². The Hall–Kier alpha value is -2.79. The maximum atomic E-state index is 13.0. The number of carbonyl (C=O) groups excluding carboxylic acids is 1. The fourth-order valence-electron chi connectivity index (χ4n) is 3.59. The van der Waals surface area contributed by atoms with E-state index in [1.807, 2.05) is 0 Å². The molecule has 0 saturated carbocycles. The highest BCUT2D eigenvalue weighted by Gasteiger charge is 2.71. The van der Waals surface area contributed by atoms with Gasteiger partial charge in [-0.2, -0.15) is 26.3 Å². The Kier molecular flexibility index (Phi) is 7.23. The number of nitrogens with zero attached hydrogens (tertiary/aromatic N) is 1. The summed E-state index contributed by atoms with van der Waals surface area (Å²) in [5.41, 5.74) is -5.22. The number of hydrogen-bond acceptors (Lipinski definition) is 4. The summed E-state index contributed by atoms with van der Waals surface area (Å²) in [4.78, 5) is 14.5. The van der Waals surface area contributed by atoms with E-state index in [1.165, 1.54) is 0 Å². The third-order valence-electron chi connectivity index (χ3n) is 5.47.